The molecule has 2 fully saturated rings. The molecule has 0 spiro atoms. The van der Waals surface area contributed by atoms with Crippen molar-refractivity contribution in [2.75, 3.05) is 44.2 Å². The van der Waals surface area contributed by atoms with E-state index in [1.807, 2.05) is 0 Å². The van der Waals surface area contributed by atoms with Crippen LogP contribution in [0.3, 0.4) is 0 Å². The van der Waals surface area contributed by atoms with E-state index in [4.69, 9.17) is 0 Å². The largest absolute Gasteiger partial charge is 0.369 e. The summed E-state index contributed by atoms with van der Waals surface area (Å²) >= 11 is 0. The molecule has 0 saturated carbocycles. The SMILES string of the molecule is CC(CNC(=O)C1CCCCN1)N1CCN(c2ccccc2)CC1.Cl.Cl.Cl. The predicted molar refractivity (Wildman–Crippen MR) is 120 cm³/mol. The van der Waals surface area contributed by atoms with E-state index in [1.165, 1.54) is 12.1 Å². The Kier molecular flexibility index (Phi) is 13.1. The van der Waals surface area contributed by atoms with Gasteiger partial charge in [-0.2, -0.15) is 0 Å². The standard InChI is InChI=1S/C19H30N4O.3ClH/c1-16(15-21-19(24)18-9-5-6-10-20-18)22-11-13-23(14-12-22)17-7-3-2-4-8-17;;;/h2-4,7-8,16,18,20H,5-6,9-15H2,1H3,(H,21,24);3*1H. The topological polar surface area (TPSA) is 47.6 Å². The molecule has 2 saturated heterocycles. The molecule has 2 unspecified atom stereocenters. The van der Waals surface area contributed by atoms with Crippen molar-refractivity contribution < 1.29 is 4.79 Å². The number of para-hydroxylation sites is 1. The summed E-state index contributed by atoms with van der Waals surface area (Å²) in [6.07, 6.45) is 3.31. The molecule has 2 aliphatic heterocycles. The Bertz CT molecular complexity index is 521. The van der Waals surface area contributed by atoms with Gasteiger partial charge in [0.1, 0.15) is 0 Å². The third kappa shape index (κ3) is 7.66. The molecular formula is C19H33Cl3N4O. The fourth-order valence-corrected chi connectivity index (χ4v) is 3.64. The van der Waals surface area contributed by atoms with Gasteiger partial charge < -0.3 is 15.5 Å². The molecular weight excluding hydrogens is 407 g/mol. The molecule has 2 heterocycles. The van der Waals surface area contributed by atoms with E-state index in [-0.39, 0.29) is 49.2 Å². The number of piperidine rings is 1. The Balaban J connectivity index is 0.00000225. The highest BCUT2D eigenvalue weighted by Gasteiger charge is 2.24. The first kappa shape index (κ1) is 26.3. The Morgan fingerprint density at radius 1 is 1.11 bits per heavy atom. The minimum Gasteiger partial charge on any atom is -0.369 e. The maximum atomic E-state index is 12.2. The third-order valence-corrected chi connectivity index (χ3v) is 5.26. The molecule has 27 heavy (non-hydrogen) atoms. The average Bonchev–Trinajstić information content (AvgIpc) is 2.67. The fraction of sp³-hybridized carbons (Fsp3) is 0.632. The Morgan fingerprint density at radius 3 is 2.37 bits per heavy atom. The number of carbonyl (C=O) groups excluding carboxylic acids is 1. The number of hydrogen-bond acceptors (Lipinski definition) is 4. The summed E-state index contributed by atoms with van der Waals surface area (Å²) < 4.78 is 0. The van der Waals surface area contributed by atoms with Crippen molar-refractivity contribution in [2.45, 2.75) is 38.3 Å². The molecule has 156 valence electrons. The van der Waals surface area contributed by atoms with Crippen LogP contribution in [0.2, 0.25) is 0 Å². The highest BCUT2D eigenvalue weighted by molar-refractivity contribution is 5.86. The Labute approximate surface area is 181 Å². The molecule has 2 N–H and O–H groups in total. The summed E-state index contributed by atoms with van der Waals surface area (Å²) in [6.45, 7) is 8.12. The molecule has 0 radical (unpaired) electrons. The van der Waals surface area contributed by atoms with Gasteiger partial charge in [-0.25, -0.2) is 0 Å². The maximum Gasteiger partial charge on any atom is 0.237 e. The second kappa shape index (κ2) is 13.5. The van der Waals surface area contributed by atoms with Crippen molar-refractivity contribution in [3.8, 4) is 0 Å². The lowest BCUT2D eigenvalue weighted by atomic mass is 10.0. The van der Waals surface area contributed by atoms with Crippen molar-refractivity contribution in [1.82, 2.24) is 15.5 Å². The lowest BCUT2D eigenvalue weighted by molar-refractivity contribution is -0.123. The van der Waals surface area contributed by atoms with Crippen LogP contribution in [0.15, 0.2) is 30.3 Å². The molecule has 1 aromatic carbocycles. The molecule has 1 amide bonds. The van der Waals surface area contributed by atoms with Gasteiger partial charge in [0.2, 0.25) is 5.91 Å². The average molecular weight is 440 g/mol. The van der Waals surface area contributed by atoms with Gasteiger partial charge in [0, 0.05) is 44.5 Å². The van der Waals surface area contributed by atoms with Crippen molar-refractivity contribution in [1.29, 1.82) is 0 Å². The zero-order chi connectivity index (χ0) is 16.8. The van der Waals surface area contributed by atoms with Crippen molar-refractivity contribution in [2.24, 2.45) is 0 Å². The van der Waals surface area contributed by atoms with Crippen molar-refractivity contribution in [3.05, 3.63) is 30.3 Å². The van der Waals surface area contributed by atoms with Crippen molar-refractivity contribution >= 4 is 48.8 Å². The number of halogens is 3. The van der Waals surface area contributed by atoms with Crippen molar-refractivity contribution in [3.63, 3.8) is 0 Å². The number of carbonyl (C=O) groups is 1. The van der Waals surface area contributed by atoms with Crippen LogP contribution in [0, 0.1) is 0 Å². The fourth-order valence-electron chi connectivity index (χ4n) is 3.64. The molecule has 0 aromatic heterocycles. The van der Waals surface area contributed by atoms with Gasteiger partial charge >= 0.3 is 0 Å². The number of hydrogen-bond donors (Lipinski definition) is 2. The van der Waals surface area contributed by atoms with Crippen LogP contribution in [0.4, 0.5) is 5.69 Å². The second-order valence-corrected chi connectivity index (χ2v) is 6.96. The van der Waals surface area contributed by atoms with Crippen LogP contribution in [0.25, 0.3) is 0 Å². The van der Waals surface area contributed by atoms with Crippen LogP contribution in [-0.4, -0.2) is 62.2 Å². The summed E-state index contributed by atoms with van der Waals surface area (Å²) in [7, 11) is 0. The molecule has 2 aliphatic rings. The number of nitrogens with one attached hydrogen (secondary N) is 2. The first-order valence-corrected chi connectivity index (χ1v) is 9.29. The summed E-state index contributed by atoms with van der Waals surface area (Å²) in [5.74, 6) is 0.171. The second-order valence-electron chi connectivity index (χ2n) is 6.96. The molecule has 5 nitrogen and oxygen atoms in total. The normalized spacial score (nSPS) is 21.1. The monoisotopic (exact) mass is 438 g/mol. The summed E-state index contributed by atoms with van der Waals surface area (Å²) in [6, 6.07) is 11.0. The first-order chi connectivity index (χ1) is 11.7. The van der Waals surface area contributed by atoms with Crippen LogP contribution < -0.4 is 15.5 Å². The smallest absolute Gasteiger partial charge is 0.237 e. The number of benzene rings is 1. The van der Waals surface area contributed by atoms with Crippen LogP contribution >= 0.6 is 37.2 Å². The van der Waals surface area contributed by atoms with Gasteiger partial charge in [-0.05, 0) is 38.4 Å². The first-order valence-electron chi connectivity index (χ1n) is 9.29. The third-order valence-electron chi connectivity index (χ3n) is 5.26. The van der Waals surface area contributed by atoms with Crippen LogP contribution in [-0.2, 0) is 4.79 Å². The zero-order valence-corrected chi connectivity index (χ0v) is 18.4. The number of rotatable bonds is 5. The van der Waals surface area contributed by atoms with Gasteiger partial charge in [-0.15, -0.1) is 37.2 Å². The molecule has 0 bridgehead atoms. The number of nitrogens with zero attached hydrogens (tertiary/aromatic N) is 2. The minimum atomic E-state index is 0. The molecule has 1 aromatic rings. The predicted octanol–water partition coefficient (Wildman–Crippen LogP) is 2.72. The minimum absolute atomic E-state index is 0. The van der Waals surface area contributed by atoms with E-state index >= 15 is 0 Å². The van der Waals surface area contributed by atoms with E-state index < -0.39 is 0 Å². The number of piperazine rings is 1. The van der Waals surface area contributed by atoms with Gasteiger partial charge in [-0.3, -0.25) is 9.69 Å². The molecule has 2 atom stereocenters. The van der Waals surface area contributed by atoms with E-state index in [9.17, 15) is 4.79 Å². The zero-order valence-electron chi connectivity index (χ0n) is 15.9. The van der Waals surface area contributed by atoms with Gasteiger partial charge in [-0.1, -0.05) is 24.6 Å². The van der Waals surface area contributed by atoms with E-state index in [1.54, 1.807) is 0 Å². The van der Waals surface area contributed by atoms with E-state index in [0.717, 1.165) is 52.1 Å². The highest BCUT2D eigenvalue weighted by atomic mass is 35.5. The summed E-state index contributed by atoms with van der Waals surface area (Å²) in [4.78, 5) is 17.1. The van der Waals surface area contributed by atoms with Gasteiger partial charge in [0.15, 0.2) is 0 Å². The van der Waals surface area contributed by atoms with Crippen LogP contribution in [0.1, 0.15) is 26.2 Å². The highest BCUT2D eigenvalue weighted by Crippen LogP contribution is 2.16. The Morgan fingerprint density at radius 2 is 1.78 bits per heavy atom. The maximum absolute atomic E-state index is 12.2. The molecule has 0 aliphatic carbocycles. The lowest BCUT2D eigenvalue weighted by Crippen LogP contribution is -2.54. The molecule has 3 rings (SSSR count). The van der Waals surface area contributed by atoms with Gasteiger partial charge in [0.25, 0.3) is 0 Å². The number of anilines is 1. The lowest BCUT2D eigenvalue weighted by Gasteiger charge is -2.39. The van der Waals surface area contributed by atoms with E-state index in [2.05, 4.69) is 57.7 Å². The summed E-state index contributed by atoms with van der Waals surface area (Å²) in [5, 5.41) is 6.45. The van der Waals surface area contributed by atoms with E-state index in [0.29, 0.717) is 6.04 Å². The Hall–Kier alpha value is -0.720. The molecule has 8 heteroatoms. The van der Waals surface area contributed by atoms with Gasteiger partial charge in [0.05, 0.1) is 6.04 Å². The quantitative estimate of drug-likeness (QED) is 0.740. The van der Waals surface area contributed by atoms with Crippen LogP contribution in [0.5, 0.6) is 0 Å². The summed E-state index contributed by atoms with van der Waals surface area (Å²) in [5.41, 5.74) is 1.31. The number of amides is 1.